The van der Waals surface area contributed by atoms with E-state index in [1.165, 1.54) is 0 Å². The number of hydrogen-bond acceptors (Lipinski definition) is 6. The van der Waals surface area contributed by atoms with Crippen LogP contribution in [0.15, 0.2) is 4.52 Å². The van der Waals surface area contributed by atoms with Gasteiger partial charge in [-0.25, -0.2) is 0 Å². The fourth-order valence-corrected chi connectivity index (χ4v) is 2.07. The molecule has 1 saturated heterocycles. The normalized spacial score (nSPS) is 17.5. The quantitative estimate of drug-likeness (QED) is 0.768. The summed E-state index contributed by atoms with van der Waals surface area (Å²) in [5, 5.41) is 7.33. The van der Waals surface area contributed by atoms with Gasteiger partial charge in [-0.1, -0.05) is 12.1 Å². The molecule has 6 nitrogen and oxygen atoms in total. The van der Waals surface area contributed by atoms with E-state index in [1.807, 2.05) is 6.92 Å². The smallest absolute Gasteiger partial charge is 0.226 e. The molecule has 1 aromatic rings. The Morgan fingerprint density at radius 2 is 2.17 bits per heavy atom. The van der Waals surface area contributed by atoms with E-state index in [2.05, 4.69) is 32.3 Å². The third kappa shape index (κ3) is 4.04. The maximum Gasteiger partial charge on any atom is 0.226 e. The number of nitrogens with zero attached hydrogens (tertiary/aromatic N) is 4. The first-order valence-electron chi connectivity index (χ1n) is 6.71. The first-order chi connectivity index (χ1) is 8.78. The van der Waals surface area contributed by atoms with Crippen molar-refractivity contribution in [3.63, 3.8) is 0 Å². The monoisotopic (exact) mass is 253 g/mol. The van der Waals surface area contributed by atoms with Gasteiger partial charge in [0.05, 0.1) is 6.54 Å². The highest BCUT2D eigenvalue weighted by Gasteiger charge is 2.11. The van der Waals surface area contributed by atoms with Gasteiger partial charge in [0.1, 0.15) is 0 Å². The van der Waals surface area contributed by atoms with Crippen LogP contribution in [0.5, 0.6) is 0 Å². The highest BCUT2D eigenvalue weighted by molar-refractivity contribution is 4.85. The molecule has 1 aromatic heterocycles. The van der Waals surface area contributed by atoms with E-state index in [9.17, 15) is 0 Å². The van der Waals surface area contributed by atoms with Gasteiger partial charge in [-0.3, -0.25) is 9.80 Å². The Kier molecular flexibility index (Phi) is 5.10. The molecule has 0 aliphatic carbocycles. The lowest BCUT2D eigenvalue weighted by Crippen LogP contribution is -2.45. The average molecular weight is 253 g/mol. The van der Waals surface area contributed by atoms with Crippen LogP contribution in [0.4, 0.5) is 0 Å². The zero-order valence-electron chi connectivity index (χ0n) is 11.4. The van der Waals surface area contributed by atoms with Gasteiger partial charge in [-0.2, -0.15) is 4.98 Å². The summed E-state index contributed by atoms with van der Waals surface area (Å²) in [6.45, 7) is 9.43. The number of nitrogens with one attached hydrogen (secondary N) is 1. The van der Waals surface area contributed by atoms with Gasteiger partial charge in [0.2, 0.25) is 5.89 Å². The maximum absolute atomic E-state index is 5.10. The summed E-state index contributed by atoms with van der Waals surface area (Å²) in [5.74, 6) is 1.51. The minimum Gasteiger partial charge on any atom is -0.339 e. The molecule has 102 valence electrons. The molecule has 0 amide bonds. The third-order valence-corrected chi connectivity index (χ3v) is 3.23. The second-order valence-electron chi connectivity index (χ2n) is 4.79. The predicted molar refractivity (Wildman–Crippen MR) is 69.3 cm³/mol. The van der Waals surface area contributed by atoms with Crippen LogP contribution < -0.4 is 5.32 Å². The fraction of sp³-hybridized carbons (Fsp3) is 0.833. The second-order valence-corrected chi connectivity index (χ2v) is 4.79. The fourth-order valence-electron chi connectivity index (χ4n) is 2.07. The summed E-state index contributed by atoms with van der Waals surface area (Å²) < 4.78 is 5.10. The molecule has 2 rings (SSSR count). The molecule has 1 aliphatic heterocycles. The highest BCUT2D eigenvalue weighted by atomic mass is 16.5. The number of aryl methyl sites for hydroxylation is 1. The standard InChI is InChI=1S/C12H23N5O/c1-3-12-14-11(15-18-12)10-16(2)8-9-17-6-4-13-5-7-17/h13H,3-10H2,1-2H3. The van der Waals surface area contributed by atoms with Crippen molar-refractivity contribution in [1.82, 2.24) is 25.3 Å². The summed E-state index contributed by atoms with van der Waals surface area (Å²) in [7, 11) is 2.10. The van der Waals surface area contributed by atoms with Gasteiger partial charge in [0.15, 0.2) is 5.82 Å². The van der Waals surface area contributed by atoms with Gasteiger partial charge < -0.3 is 9.84 Å². The molecule has 0 spiro atoms. The maximum atomic E-state index is 5.10. The van der Waals surface area contributed by atoms with Crippen LogP contribution in [0.2, 0.25) is 0 Å². The van der Waals surface area contributed by atoms with Crippen LogP contribution in [-0.2, 0) is 13.0 Å². The minimum absolute atomic E-state index is 0.723. The summed E-state index contributed by atoms with van der Waals surface area (Å²) in [4.78, 5) is 9.05. The van der Waals surface area contributed by atoms with Crippen molar-refractivity contribution in [2.75, 3.05) is 46.3 Å². The van der Waals surface area contributed by atoms with E-state index in [0.717, 1.165) is 63.9 Å². The van der Waals surface area contributed by atoms with Gasteiger partial charge in [0.25, 0.3) is 0 Å². The Morgan fingerprint density at radius 3 is 2.83 bits per heavy atom. The molecule has 0 radical (unpaired) electrons. The van der Waals surface area contributed by atoms with E-state index in [4.69, 9.17) is 4.52 Å². The van der Waals surface area contributed by atoms with Gasteiger partial charge in [-0.15, -0.1) is 0 Å². The first kappa shape index (κ1) is 13.5. The van der Waals surface area contributed by atoms with Crippen LogP contribution in [-0.4, -0.2) is 66.3 Å². The Bertz CT molecular complexity index is 348. The molecule has 0 atom stereocenters. The van der Waals surface area contributed by atoms with Crippen molar-refractivity contribution in [3.8, 4) is 0 Å². The number of aromatic nitrogens is 2. The summed E-state index contributed by atoms with van der Waals surface area (Å²) >= 11 is 0. The molecule has 0 aromatic carbocycles. The molecule has 18 heavy (non-hydrogen) atoms. The van der Waals surface area contributed by atoms with Crippen LogP contribution in [0.25, 0.3) is 0 Å². The van der Waals surface area contributed by atoms with Crippen LogP contribution >= 0.6 is 0 Å². The molecule has 1 fully saturated rings. The minimum atomic E-state index is 0.723. The Balaban J connectivity index is 1.69. The Morgan fingerprint density at radius 1 is 1.39 bits per heavy atom. The zero-order chi connectivity index (χ0) is 12.8. The molecule has 0 unspecified atom stereocenters. The Labute approximate surface area is 108 Å². The molecular formula is C12H23N5O. The second kappa shape index (κ2) is 6.82. The van der Waals surface area contributed by atoms with Crippen molar-refractivity contribution in [2.45, 2.75) is 19.9 Å². The van der Waals surface area contributed by atoms with Gasteiger partial charge >= 0.3 is 0 Å². The van der Waals surface area contributed by atoms with Crippen molar-refractivity contribution >= 4 is 0 Å². The average Bonchev–Trinajstić information content (AvgIpc) is 2.85. The largest absolute Gasteiger partial charge is 0.339 e. The van der Waals surface area contributed by atoms with Gasteiger partial charge in [0, 0.05) is 45.7 Å². The van der Waals surface area contributed by atoms with E-state index < -0.39 is 0 Å². The molecule has 1 aliphatic rings. The SMILES string of the molecule is CCc1nc(CN(C)CCN2CCNCC2)no1. The topological polar surface area (TPSA) is 57.4 Å². The lowest BCUT2D eigenvalue weighted by Gasteiger charge is -2.28. The molecule has 6 heteroatoms. The van der Waals surface area contributed by atoms with Gasteiger partial charge in [-0.05, 0) is 7.05 Å². The Hall–Kier alpha value is -0.980. The summed E-state index contributed by atoms with van der Waals surface area (Å²) in [5.41, 5.74) is 0. The lowest BCUT2D eigenvalue weighted by atomic mass is 10.3. The summed E-state index contributed by atoms with van der Waals surface area (Å²) in [6, 6.07) is 0. The van der Waals surface area contributed by atoms with E-state index in [-0.39, 0.29) is 0 Å². The molecule has 0 bridgehead atoms. The third-order valence-electron chi connectivity index (χ3n) is 3.23. The van der Waals surface area contributed by atoms with Crippen LogP contribution in [0.3, 0.4) is 0 Å². The molecular weight excluding hydrogens is 230 g/mol. The molecule has 2 heterocycles. The molecule has 1 N–H and O–H groups in total. The van der Waals surface area contributed by atoms with E-state index in [1.54, 1.807) is 0 Å². The van der Waals surface area contributed by atoms with Crippen molar-refractivity contribution < 1.29 is 4.52 Å². The first-order valence-corrected chi connectivity index (χ1v) is 6.71. The van der Waals surface area contributed by atoms with Crippen molar-refractivity contribution in [3.05, 3.63) is 11.7 Å². The number of likely N-dealkylation sites (N-methyl/N-ethyl adjacent to an activating group) is 1. The van der Waals surface area contributed by atoms with Crippen LogP contribution in [0.1, 0.15) is 18.6 Å². The van der Waals surface area contributed by atoms with E-state index >= 15 is 0 Å². The molecule has 0 saturated carbocycles. The number of rotatable bonds is 6. The zero-order valence-corrected chi connectivity index (χ0v) is 11.4. The number of piperazine rings is 1. The lowest BCUT2D eigenvalue weighted by molar-refractivity contribution is 0.200. The van der Waals surface area contributed by atoms with Crippen molar-refractivity contribution in [1.29, 1.82) is 0 Å². The van der Waals surface area contributed by atoms with Crippen molar-refractivity contribution in [2.24, 2.45) is 0 Å². The number of hydrogen-bond donors (Lipinski definition) is 1. The summed E-state index contributed by atoms with van der Waals surface area (Å²) in [6.07, 6.45) is 0.803. The van der Waals surface area contributed by atoms with Crippen LogP contribution in [0, 0.1) is 0 Å². The van der Waals surface area contributed by atoms with E-state index in [0.29, 0.717) is 0 Å². The predicted octanol–water partition coefficient (Wildman–Crippen LogP) is -0.0310. The highest BCUT2D eigenvalue weighted by Crippen LogP contribution is 2.01.